The molecule has 8 heteroatoms. The summed E-state index contributed by atoms with van der Waals surface area (Å²) in [5, 5.41) is 1.16. The van der Waals surface area contributed by atoms with Gasteiger partial charge in [-0.1, -0.05) is 29.3 Å². The summed E-state index contributed by atoms with van der Waals surface area (Å²) in [6, 6.07) is 10.1. The van der Waals surface area contributed by atoms with E-state index in [1.165, 1.54) is 7.11 Å². The van der Waals surface area contributed by atoms with E-state index >= 15 is 0 Å². The number of hydrogen-bond acceptors (Lipinski definition) is 5. The number of methoxy groups -OCH3 is 3. The highest BCUT2D eigenvalue weighted by Crippen LogP contribution is 2.46. The minimum Gasteiger partial charge on any atom is -0.497 e. The van der Waals surface area contributed by atoms with Crippen molar-refractivity contribution in [1.82, 2.24) is 0 Å². The summed E-state index contributed by atoms with van der Waals surface area (Å²) in [5.41, 5.74) is -0.0626. The number of carbonyl (C=O) groups excluding carboxylic acids is 1. The van der Waals surface area contributed by atoms with Gasteiger partial charge in [0.2, 0.25) is 5.52 Å². The van der Waals surface area contributed by atoms with Gasteiger partial charge in [0.25, 0.3) is 0 Å². The lowest BCUT2D eigenvalue weighted by Crippen LogP contribution is -2.16. The van der Waals surface area contributed by atoms with Gasteiger partial charge in [-0.25, -0.2) is 0 Å². The molecule has 0 bridgehead atoms. The van der Waals surface area contributed by atoms with E-state index in [1.54, 1.807) is 50.6 Å². The zero-order valence-corrected chi connectivity index (χ0v) is 17.0. The van der Waals surface area contributed by atoms with Crippen molar-refractivity contribution in [3.8, 4) is 11.5 Å². The maximum Gasteiger partial charge on any atom is 0.219 e. The van der Waals surface area contributed by atoms with Crippen molar-refractivity contribution in [2.75, 3.05) is 34.5 Å². The number of halogens is 2. The lowest BCUT2D eigenvalue weighted by molar-refractivity contribution is 0.105. The molecule has 0 spiro atoms. The number of rotatable bonds is 9. The van der Waals surface area contributed by atoms with Crippen molar-refractivity contribution in [3.63, 3.8) is 0 Å². The van der Waals surface area contributed by atoms with Gasteiger partial charge in [-0.2, -0.15) is 0 Å². The minimum absolute atomic E-state index is 0.234. The Labute approximate surface area is 163 Å². The summed E-state index contributed by atoms with van der Waals surface area (Å²) in [6.45, 7) is 0.589. The Morgan fingerprint density at radius 2 is 1.69 bits per heavy atom. The Hall–Kier alpha value is -1.36. The van der Waals surface area contributed by atoms with Crippen molar-refractivity contribution < 1.29 is 23.5 Å². The molecule has 2 rings (SSSR count). The van der Waals surface area contributed by atoms with Crippen molar-refractivity contribution >= 4 is 42.2 Å². The lowest BCUT2D eigenvalue weighted by atomic mass is 10.2. The number of hydrogen-bond donors (Lipinski definition) is 0. The van der Waals surface area contributed by atoms with Crippen LogP contribution in [0, 0.1) is 0 Å². The first-order valence-corrected chi connectivity index (χ1v) is 9.67. The van der Waals surface area contributed by atoms with E-state index in [4.69, 9.17) is 41.9 Å². The third-order valence-corrected chi connectivity index (χ3v) is 5.94. The molecule has 0 radical (unpaired) electrons. The predicted molar refractivity (Wildman–Crippen MR) is 105 cm³/mol. The first-order chi connectivity index (χ1) is 12.5. The summed E-state index contributed by atoms with van der Waals surface area (Å²) in [4.78, 5) is 13.2. The second-order valence-electron chi connectivity index (χ2n) is 5.06. The van der Waals surface area contributed by atoms with Crippen molar-refractivity contribution in [2.24, 2.45) is 0 Å². The zero-order chi connectivity index (χ0) is 19.1. The smallest absolute Gasteiger partial charge is 0.219 e. The molecule has 1 atom stereocenters. The van der Waals surface area contributed by atoms with Crippen LogP contribution in [0.25, 0.3) is 0 Å². The van der Waals surface area contributed by atoms with Gasteiger partial charge in [0.15, 0.2) is 0 Å². The standard InChI is InChI=1S/C18H19Cl2O5P/c1-22-9-10-25-26(16-8-7-12(23-2)11-15(16)24-3)18(21)17-13(19)5-4-6-14(17)20/h4-8,11H,9-10H2,1-3H3. The van der Waals surface area contributed by atoms with Gasteiger partial charge in [-0.3, -0.25) is 4.79 Å². The first-order valence-electron chi connectivity index (χ1n) is 7.65. The Morgan fingerprint density at radius 1 is 1.00 bits per heavy atom. The van der Waals surface area contributed by atoms with Crippen LogP contribution in [0.4, 0.5) is 0 Å². The summed E-state index contributed by atoms with van der Waals surface area (Å²) >= 11 is 12.4. The normalized spacial score (nSPS) is 11.9. The lowest BCUT2D eigenvalue weighted by Gasteiger charge is -2.20. The van der Waals surface area contributed by atoms with E-state index in [9.17, 15) is 4.79 Å². The topological polar surface area (TPSA) is 54.0 Å². The Balaban J connectivity index is 2.48. The van der Waals surface area contributed by atoms with E-state index in [0.717, 1.165) is 0 Å². The van der Waals surface area contributed by atoms with Gasteiger partial charge >= 0.3 is 0 Å². The van der Waals surface area contributed by atoms with Crippen molar-refractivity contribution in [2.45, 2.75) is 0 Å². The summed E-state index contributed by atoms with van der Waals surface area (Å²) in [7, 11) is 2.89. The maximum atomic E-state index is 13.2. The Morgan fingerprint density at radius 3 is 2.27 bits per heavy atom. The van der Waals surface area contributed by atoms with Crippen LogP contribution in [-0.4, -0.2) is 40.1 Å². The molecule has 0 aromatic heterocycles. The molecule has 0 N–H and O–H groups in total. The largest absolute Gasteiger partial charge is 0.497 e. The van der Waals surface area contributed by atoms with E-state index in [-0.39, 0.29) is 27.7 Å². The number of benzene rings is 2. The molecule has 0 aliphatic heterocycles. The number of ether oxygens (including phenoxy) is 3. The fraction of sp³-hybridized carbons (Fsp3) is 0.278. The predicted octanol–water partition coefficient (Wildman–Crippen LogP) is 4.54. The average molecular weight is 417 g/mol. The van der Waals surface area contributed by atoms with Crippen LogP contribution in [0.5, 0.6) is 11.5 Å². The van der Waals surface area contributed by atoms with Crippen molar-refractivity contribution in [1.29, 1.82) is 0 Å². The van der Waals surface area contributed by atoms with Crippen LogP contribution < -0.4 is 14.8 Å². The average Bonchev–Trinajstić information content (AvgIpc) is 2.64. The van der Waals surface area contributed by atoms with Gasteiger partial charge in [0.1, 0.15) is 19.6 Å². The fourth-order valence-corrected chi connectivity index (χ4v) is 4.65. The summed E-state index contributed by atoms with van der Waals surface area (Å²) in [5.74, 6) is 1.10. The van der Waals surface area contributed by atoms with Gasteiger partial charge in [-0.15, -0.1) is 0 Å². The molecule has 0 saturated carbocycles. The molecule has 0 heterocycles. The van der Waals surface area contributed by atoms with Gasteiger partial charge < -0.3 is 18.7 Å². The molecule has 2 aromatic rings. The molecule has 26 heavy (non-hydrogen) atoms. The Kier molecular flexibility index (Phi) is 8.14. The molecular weight excluding hydrogens is 398 g/mol. The van der Waals surface area contributed by atoms with Crippen LogP contribution in [0.1, 0.15) is 10.4 Å². The molecule has 2 aromatic carbocycles. The molecule has 5 nitrogen and oxygen atoms in total. The molecule has 140 valence electrons. The first kappa shape index (κ1) is 20.9. The Bertz CT molecular complexity index is 749. The van der Waals surface area contributed by atoms with E-state index in [2.05, 4.69) is 0 Å². The SMILES string of the molecule is COCCOP(C(=O)c1c(Cl)cccc1Cl)c1ccc(OC)cc1OC. The monoisotopic (exact) mass is 416 g/mol. The third-order valence-electron chi connectivity index (χ3n) is 3.47. The zero-order valence-electron chi connectivity index (χ0n) is 14.6. The van der Waals surface area contributed by atoms with Crippen LogP contribution in [-0.2, 0) is 9.26 Å². The van der Waals surface area contributed by atoms with Crippen LogP contribution in [0.3, 0.4) is 0 Å². The highest BCUT2D eigenvalue weighted by Gasteiger charge is 2.30. The maximum absolute atomic E-state index is 13.2. The van der Waals surface area contributed by atoms with E-state index in [1.807, 2.05) is 0 Å². The highest BCUT2D eigenvalue weighted by atomic mass is 35.5. The fourth-order valence-electron chi connectivity index (χ4n) is 2.21. The summed E-state index contributed by atoms with van der Waals surface area (Å²) < 4.78 is 21.5. The molecule has 0 amide bonds. The van der Waals surface area contributed by atoms with Gasteiger partial charge in [0, 0.05) is 13.2 Å². The molecule has 0 aliphatic carbocycles. The van der Waals surface area contributed by atoms with Crippen LogP contribution in [0.15, 0.2) is 36.4 Å². The van der Waals surface area contributed by atoms with Crippen LogP contribution in [0.2, 0.25) is 10.0 Å². The third kappa shape index (κ3) is 4.87. The van der Waals surface area contributed by atoms with Crippen molar-refractivity contribution in [3.05, 3.63) is 52.0 Å². The van der Waals surface area contributed by atoms with Gasteiger partial charge in [0.05, 0.1) is 48.3 Å². The second kappa shape index (κ2) is 10.1. The van der Waals surface area contributed by atoms with E-state index in [0.29, 0.717) is 23.4 Å². The quantitative estimate of drug-likeness (QED) is 0.443. The van der Waals surface area contributed by atoms with Crippen LogP contribution >= 0.6 is 31.4 Å². The molecule has 0 saturated heterocycles. The highest BCUT2D eigenvalue weighted by molar-refractivity contribution is 7.78. The molecule has 1 unspecified atom stereocenters. The molecule has 0 fully saturated rings. The second-order valence-corrected chi connectivity index (χ2v) is 7.61. The minimum atomic E-state index is -1.75. The number of carbonyl (C=O) groups is 1. The van der Waals surface area contributed by atoms with Gasteiger partial charge in [-0.05, 0) is 24.3 Å². The molecular formula is C18H19Cl2O5P. The summed E-state index contributed by atoms with van der Waals surface area (Å²) in [6.07, 6.45) is 0. The molecule has 0 aliphatic rings. The van der Waals surface area contributed by atoms with E-state index < -0.39 is 8.15 Å².